The van der Waals surface area contributed by atoms with E-state index in [1.807, 2.05) is 0 Å². The molecule has 28 heavy (non-hydrogen) atoms. The minimum atomic E-state index is -0.728. The average molecular weight is 400 g/mol. The smallest absolute Gasteiger partial charge is 0.322 e. The predicted octanol–water partition coefficient (Wildman–Crippen LogP) is 1.93. The Balaban J connectivity index is 1.66. The maximum Gasteiger partial charge on any atom is 0.359 e. The Morgan fingerprint density at radius 3 is 2.57 bits per heavy atom. The highest BCUT2D eigenvalue weighted by atomic mass is 32.1. The molecule has 144 valence electrons. The molecule has 0 saturated heterocycles. The number of aromatic amines is 1. The zero-order valence-corrected chi connectivity index (χ0v) is 15.4. The molecule has 12 heteroatoms. The number of aromatic nitrogens is 4. The zero-order chi connectivity index (χ0) is 20.1. The molecule has 3 amide bonds. The van der Waals surface area contributed by atoms with Crippen molar-refractivity contribution in [2.45, 2.75) is 0 Å². The summed E-state index contributed by atoms with van der Waals surface area (Å²) < 4.78 is 1.77. The number of nitrogens with zero attached hydrogens (tertiary/aromatic N) is 4. The van der Waals surface area contributed by atoms with Crippen LogP contribution in [0.2, 0.25) is 0 Å². The van der Waals surface area contributed by atoms with Gasteiger partial charge < -0.3 is 5.32 Å². The number of carbonyl (C=O) groups is 2. The van der Waals surface area contributed by atoms with E-state index in [1.54, 1.807) is 48.5 Å². The van der Waals surface area contributed by atoms with Crippen molar-refractivity contribution in [2.75, 3.05) is 17.8 Å². The van der Waals surface area contributed by atoms with Crippen LogP contribution < -0.4 is 16.2 Å². The number of H-pyrrole nitrogens is 1. The normalized spacial score (nSPS) is 10.2. The summed E-state index contributed by atoms with van der Waals surface area (Å²) >= 11 is 5.06. The fraction of sp³-hybridized carbons (Fsp3) is 0.0625. The Morgan fingerprint density at radius 1 is 1.18 bits per heavy atom. The third kappa shape index (κ3) is 4.49. The van der Waals surface area contributed by atoms with E-state index in [2.05, 4.69) is 31.7 Å². The second kappa shape index (κ2) is 8.28. The number of hydrazine groups is 1. The van der Waals surface area contributed by atoms with Gasteiger partial charge in [0, 0.05) is 18.3 Å². The molecule has 3 rings (SSSR count). The lowest BCUT2D eigenvalue weighted by Crippen LogP contribution is -2.38. The molecule has 3 aromatic rings. The number of hydrogen-bond acceptors (Lipinski definition) is 7. The molecule has 0 radical (unpaired) electrons. The highest BCUT2D eigenvalue weighted by Gasteiger charge is 2.08. The van der Waals surface area contributed by atoms with Crippen LogP contribution in [0.25, 0.3) is 5.69 Å². The van der Waals surface area contributed by atoms with E-state index >= 15 is 0 Å². The van der Waals surface area contributed by atoms with Gasteiger partial charge in [-0.25, -0.2) is 20.0 Å². The van der Waals surface area contributed by atoms with Gasteiger partial charge in [0.15, 0.2) is 0 Å². The van der Waals surface area contributed by atoms with Crippen molar-refractivity contribution in [3.05, 3.63) is 58.9 Å². The van der Waals surface area contributed by atoms with Crippen molar-refractivity contribution in [3.63, 3.8) is 0 Å². The van der Waals surface area contributed by atoms with Crippen molar-refractivity contribution in [2.24, 2.45) is 0 Å². The van der Waals surface area contributed by atoms with E-state index in [1.165, 1.54) is 11.7 Å². The molecule has 0 bridgehead atoms. The molecular formula is C16H16N8O3S. The zero-order valence-electron chi connectivity index (χ0n) is 14.6. The van der Waals surface area contributed by atoms with Gasteiger partial charge in [0.25, 0.3) is 5.91 Å². The van der Waals surface area contributed by atoms with E-state index in [4.69, 9.17) is 17.4 Å². The summed E-state index contributed by atoms with van der Waals surface area (Å²) in [6, 6.07) is 12.7. The van der Waals surface area contributed by atoms with Crippen LogP contribution >= 0.6 is 12.2 Å². The van der Waals surface area contributed by atoms with Crippen LogP contribution in [0, 0.1) is 4.77 Å². The van der Waals surface area contributed by atoms with Crippen LogP contribution in [0.4, 0.5) is 16.2 Å². The molecule has 0 aliphatic heterocycles. The number of amides is 3. The van der Waals surface area contributed by atoms with Crippen LogP contribution in [0.3, 0.4) is 0 Å². The van der Waals surface area contributed by atoms with Gasteiger partial charge in [-0.2, -0.15) is 5.21 Å². The number of urea groups is 1. The summed E-state index contributed by atoms with van der Waals surface area (Å²) in [6.45, 7) is 0. The molecule has 1 heterocycles. The molecule has 0 unspecified atom stereocenters. The van der Waals surface area contributed by atoms with Crippen LogP contribution in [-0.2, 0) is 0 Å². The Labute approximate surface area is 163 Å². The molecule has 1 aromatic heterocycles. The SMILES string of the molecule is CN(O)C(=O)NNc1ccc(C(=O)Nc2cccc(-n3[nH]nnc3=S)c2)cc1. The number of nitrogens with one attached hydrogen (secondary N) is 4. The van der Waals surface area contributed by atoms with E-state index in [0.29, 0.717) is 27.7 Å². The van der Waals surface area contributed by atoms with Gasteiger partial charge in [-0.05, 0) is 54.7 Å². The lowest BCUT2D eigenvalue weighted by atomic mass is 10.2. The molecule has 0 aliphatic carbocycles. The molecular weight excluding hydrogens is 384 g/mol. The van der Waals surface area contributed by atoms with Crippen LogP contribution in [0.5, 0.6) is 0 Å². The molecule has 0 saturated carbocycles. The van der Waals surface area contributed by atoms with Gasteiger partial charge in [-0.15, -0.1) is 0 Å². The van der Waals surface area contributed by atoms with E-state index < -0.39 is 6.03 Å². The first-order chi connectivity index (χ1) is 13.4. The van der Waals surface area contributed by atoms with Crippen molar-refractivity contribution >= 4 is 35.5 Å². The van der Waals surface area contributed by atoms with Crippen LogP contribution in [0.1, 0.15) is 10.4 Å². The van der Waals surface area contributed by atoms with Crippen molar-refractivity contribution < 1.29 is 14.8 Å². The topological polar surface area (TPSA) is 140 Å². The number of hydrogen-bond donors (Lipinski definition) is 5. The average Bonchev–Trinajstić information content (AvgIpc) is 3.12. The largest absolute Gasteiger partial charge is 0.359 e. The monoisotopic (exact) mass is 400 g/mol. The lowest BCUT2D eigenvalue weighted by molar-refractivity contribution is -0.0174. The summed E-state index contributed by atoms with van der Waals surface area (Å²) in [7, 11) is 1.19. The summed E-state index contributed by atoms with van der Waals surface area (Å²) in [5.74, 6) is -0.311. The number of hydroxylamine groups is 2. The maximum absolute atomic E-state index is 12.4. The van der Waals surface area contributed by atoms with Crippen molar-refractivity contribution in [1.29, 1.82) is 0 Å². The van der Waals surface area contributed by atoms with Crippen LogP contribution in [-0.4, -0.2) is 49.5 Å². The number of benzene rings is 2. The fourth-order valence-electron chi connectivity index (χ4n) is 2.20. The first-order valence-electron chi connectivity index (χ1n) is 7.94. The maximum atomic E-state index is 12.4. The molecule has 2 aromatic carbocycles. The minimum absolute atomic E-state index is 0.269. The molecule has 0 fully saturated rings. The summed E-state index contributed by atoms with van der Waals surface area (Å²) in [4.78, 5) is 23.7. The molecule has 0 atom stereocenters. The Morgan fingerprint density at radius 2 is 1.93 bits per heavy atom. The first kappa shape index (κ1) is 19.0. The summed E-state index contributed by atoms with van der Waals surface area (Å²) in [6.07, 6.45) is 0. The van der Waals surface area contributed by atoms with Gasteiger partial charge in [0.05, 0.1) is 11.4 Å². The third-order valence-electron chi connectivity index (χ3n) is 3.59. The molecule has 5 N–H and O–H groups in total. The molecule has 0 aliphatic rings. The second-order valence-electron chi connectivity index (χ2n) is 5.58. The van der Waals surface area contributed by atoms with E-state index in [9.17, 15) is 9.59 Å². The van der Waals surface area contributed by atoms with E-state index in [0.717, 1.165) is 0 Å². The summed E-state index contributed by atoms with van der Waals surface area (Å²) in [5, 5.41) is 22.1. The summed E-state index contributed by atoms with van der Waals surface area (Å²) in [5.41, 5.74) is 7.08. The van der Waals surface area contributed by atoms with Gasteiger partial charge in [0.2, 0.25) is 4.77 Å². The molecule has 11 nitrogen and oxygen atoms in total. The number of tetrazole rings is 1. The number of rotatable bonds is 5. The van der Waals surface area contributed by atoms with Gasteiger partial charge in [-0.1, -0.05) is 16.4 Å². The third-order valence-corrected chi connectivity index (χ3v) is 3.85. The molecule has 0 spiro atoms. The Bertz CT molecular complexity index is 1040. The number of anilines is 2. The van der Waals surface area contributed by atoms with Gasteiger partial charge in [0.1, 0.15) is 0 Å². The standard InChI is InChI=1S/C16H16N8O3S/c1-23(27)15(26)19-18-11-7-5-10(6-8-11)14(25)17-12-3-2-4-13(9-12)24-16(28)20-21-22-24/h2-9,18,27H,1H3,(H,17,25)(H,19,26)(H,20,22,28). The minimum Gasteiger partial charge on any atom is -0.322 e. The van der Waals surface area contributed by atoms with Gasteiger partial charge in [-0.3, -0.25) is 15.4 Å². The predicted molar refractivity (Wildman–Crippen MR) is 103 cm³/mol. The highest BCUT2D eigenvalue weighted by molar-refractivity contribution is 7.71. The highest BCUT2D eigenvalue weighted by Crippen LogP contribution is 2.16. The van der Waals surface area contributed by atoms with Crippen molar-refractivity contribution in [1.82, 2.24) is 30.7 Å². The fourth-order valence-corrected chi connectivity index (χ4v) is 2.39. The quantitative estimate of drug-likeness (QED) is 0.250. The van der Waals surface area contributed by atoms with Crippen molar-refractivity contribution in [3.8, 4) is 5.69 Å². The second-order valence-corrected chi connectivity index (χ2v) is 5.94. The van der Waals surface area contributed by atoms with Crippen LogP contribution in [0.15, 0.2) is 48.5 Å². The Kier molecular flexibility index (Phi) is 5.62. The number of carbonyl (C=O) groups excluding carboxylic acids is 2. The lowest BCUT2D eigenvalue weighted by Gasteiger charge is -2.12. The first-order valence-corrected chi connectivity index (χ1v) is 8.35. The van der Waals surface area contributed by atoms with Gasteiger partial charge >= 0.3 is 6.03 Å². The van der Waals surface area contributed by atoms with E-state index in [-0.39, 0.29) is 10.7 Å². The Hall–Kier alpha value is -3.77.